The van der Waals surface area contributed by atoms with E-state index < -0.39 is 5.97 Å². The van der Waals surface area contributed by atoms with Gasteiger partial charge in [-0.3, -0.25) is 9.59 Å². The second kappa shape index (κ2) is 14.9. The Bertz CT molecular complexity index is 1860. The highest BCUT2D eigenvalue weighted by atomic mass is 19.1. The standard InChI is InChI=1S/C35H28FNO5.C2H7N/c1-21(2)19-37-35(41)30-18-24(9-13-28(30)26-5-3-4-22(16-26)6-15-33(39)40)25-10-14-32-29(17-25)31(20-38)34(42-32)23-7-11-27(36)12-8-23;1-3-2/h3-18,20-21H,19H2,1-2H3,(H,37,41)(H,39,40);3H,1-2H3/b15-6+;. The molecule has 0 saturated heterocycles. The molecule has 0 unspecified atom stereocenters. The zero-order valence-electron chi connectivity index (χ0n) is 25.6. The summed E-state index contributed by atoms with van der Waals surface area (Å²) in [4.78, 5) is 36.6. The maximum atomic E-state index is 13.5. The van der Waals surface area contributed by atoms with Crippen LogP contribution in [0.15, 0.2) is 95.4 Å². The third-order valence-corrected chi connectivity index (χ3v) is 6.84. The van der Waals surface area contributed by atoms with Crippen molar-refractivity contribution in [2.75, 3.05) is 20.6 Å². The molecule has 3 N–H and O–H groups in total. The van der Waals surface area contributed by atoms with Crippen molar-refractivity contribution in [3.05, 3.63) is 114 Å². The molecular weight excluding hydrogens is 571 g/mol. The van der Waals surface area contributed by atoms with Crippen molar-refractivity contribution in [3.63, 3.8) is 0 Å². The molecule has 5 rings (SSSR count). The van der Waals surface area contributed by atoms with Gasteiger partial charge < -0.3 is 20.2 Å². The first-order chi connectivity index (χ1) is 21.6. The van der Waals surface area contributed by atoms with Crippen LogP contribution < -0.4 is 10.6 Å². The van der Waals surface area contributed by atoms with Crippen LogP contribution in [0, 0.1) is 11.7 Å². The highest BCUT2D eigenvalue weighted by Gasteiger charge is 2.19. The Balaban J connectivity index is 0.00000148. The van der Waals surface area contributed by atoms with E-state index in [1.807, 2.05) is 76.5 Å². The molecule has 1 amide bonds. The predicted molar refractivity (Wildman–Crippen MR) is 177 cm³/mol. The average molecular weight is 607 g/mol. The molecule has 4 aromatic carbocycles. The minimum Gasteiger partial charge on any atom is -0.478 e. The van der Waals surface area contributed by atoms with Crippen LogP contribution in [0.5, 0.6) is 0 Å². The number of aliphatic carboxylic acids is 1. The molecule has 1 aromatic heterocycles. The molecule has 5 aromatic rings. The molecule has 0 aliphatic rings. The number of nitrogens with one attached hydrogen (secondary N) is 2. The van der Waals surface area contributed by atoms with Gasteiger partial charge in [0.05, 0.1) is 5.56 Å². The van der Waals surface area contributed by atoms with Crippen LogP contribution in [0.4, 0.5) is 4.39 Å². The van der Waals surface area contributed by atoms with Crippen molar-refractivity contribution in [1.29, 1.82) is 0 Å². The summed E-state index contributed by atoms with van der Waals surface area (Å²) in [7, 11) is 3.75. The van der Waals surface area contributed by atoms with E-state index in [1.54, 1.807) is 24.3 Å². The number of rotatable bonds is 9. The average Bonchev–Trinajstić information content (AvgIpc) is 3.41. The summed E-state index contributed by atoms with van der Waals surface area (Å²) < 4.78 is 19.5. The van der Waals surface area contributed by atoms with Crippen LogP contribution in [-0.4, -0.2) is 43.9 Å². The van der Waals surface area contributed by atoms with E-state index >= 15 is 0 Å². The van der Waals surface area contributed by atoms with Crippen molar-refractivity contribution >= 4 is 35.2 Å². The van der Waals surface area contributed by atoms with Crippen molar-refractivity contribution < 1.29 is 28.3 Å². The van der Waals surface area contributed by atoms with Gasteiger partial charge in [0.1, 0.15) is 17.2 Å². The Morgan fingerprint density at radius 3 is 2.22 bits per heavy atom. The third kappa shape index (κ3) is 7.99. The van der Waals surface area contributed by atoms with Crippen molar-refractivity contribution in [3.8, 4) is 33.6 Å². The molecule has 1 heterocycles. The first-order valence-corrected chi connectivity index (χ1v) is 14.4. The number of carbonyl (C=O) groups excluding carboxylic acids is 2. The number of hydrogen-bond acceptors (Lipinski definition) is 5. The van der Waals surface area contributed by atoms with Crippen LogP contribution in [0.3, 0.4) is 0 Å². The maximum Gasteiger partial charge on any atom is 0.328 e. The fourth-order valence-corrected chi connectivity index (χ4v) is 4.76. The van der Waals surface area contributed by atoms with Gasteiger partial charge in [0.25, 0.3) is 5.91 Å². The number of carboxylic acids is 1. The number of hydrogen-bond donors (Lipinski definition) is 3. The fraction of sp³-hybridized carbons (Fsp3) is 0.162. The molecule has 0 spiro atoms. The van der Waals surface area contributed by atoms with Crippen LogP contribution in [0.2, 0.25) is 0 Å². The Morgan fingerprint density at radius 1 is 0.889 bits per heavy atom. The van der Waals surface area contributed by atoms with Gasteiger partial charge in [0.2, 0.25) is 0 Å². The van der Waals surface area contributed by atoms with Crippen LogP contribution >= 0.6 is 0 Å². The quantitative estimate of drug-likeness (QED) is 0.117. The Morgan fingerprint density at radius 2 is 1.56 bits per heavy atom. The summed E-state index contributed by atoms with van der Waals surface area (Å²) in [5.41, 5.74) is 5.61. The SMILES string of the molecule is CC(C)CNC(=O)c1cc(-c2ccc3oc(-c4ccc(F)cc4)c(C=O)c3c2)ccc1-c1cccc(/C=C/C(=O)O)c1.CNC. The smallest absolute Gasteiger partial charge is 0.328 e. The summed E-state index contributed by atoms with van der Waals surface area (Å²) in [5.74, 6) is -1.05. The highest BCUT2D eigenvalue weighted by Crippen LogP contribution is 2.36. The Labute approximate surface area is 261 Å². The number of benzene rings is 4. The molecule has 0 aliphatic heterocycles. The summed E-state index contributed by atoms with van der Waals surface area (Å²) in [6, 6.07) is 24.1. The normalized spacial score (nSPS) is 11.0. The second-order valence-electron chi connectivity index (χ2n) is 10.8. The lowest BCUT2D eigenvalue weighted by Gasteiger charge is -2.14. The fourth-order valence-electron chi connectivity index (χ4n) is 4.76. The number of carboxylic acid groups (broad SMARTS) is 1. The van der Waals surface area contributed by atoms with Crippen LogP contribution in [0.25, 0.3) is 50.6 Å². The lowest BCUT2D eigenvalue weighted by Crippen LogP contribution is -2.27. The van der Waals surface area contributed by atoms with Crippen molar-refractivity contribution in [2.45, 2.75) is 13.8 Å². The lowest BCUT2D eigenvalue weighted by atomic mass is 9.93. The predicted octanol–water partition coefficient (Wildman–Crippen LogP) is 7.70. The molecule has 0 aliphatic carbocycles. The third-order valence-electron chi connectivity index (χ3n) is 6.84. The Hall–Kier alpha value is -5.34. The van der Waals surface area contributed by atoms with Gasteiger partial charge in [-0.1, -0.05) is 50.2 Å². The molecule has 7 nitrogen and oxygen atoms in total. The summed E-state index contributed by atoms with van der Waals surface area (Å²) in [6.07, 6.45) is 3.30. The topological polar surface area (TPSA) is 109 Å². The lowest BCUT2D eigenvalue weighted by molar-refractivity contribution is -0.131. The number of carbonyl (C=O) groups is 3. The minimum absolute atomic E-state index is 0.233. The molecule has 230 valence electrons. The van der Waals surface area contributed by atoms with E-state index in [9.17, 15) is 18.8 Å². The molecule has 45 heavy (non-hydrogen) atoms. The van der Waals surface area contributed by atoms with Crippen LogP contribution in [0.1, 0.15) is 40.1 Å². The van der Waals surface area contributed by atoms with E-state index in [4.69, 9.17) is 9.52 Å². The number of aldehydes is 1. The summed E-state index contributed by atoms with van der Waals surface area (Å²) in [6.45, 7) is 4.53. The van der Waals surface area contributed by atoms with Gasteiger partial charge in [0, 0.05) is 29.1 Å². The maximum absolute atomic E-state index is 13.5. The monoisotopic (exact) mass is 606 g/mol. The minimum atomic E-state index is -1.05. The zero-order chi connectivity index (χ0) is 32.5. The zero-order valence-corrected chi connectivity index (χ0v) is 25.6. The largest absolute Gasteiger partial charge is 0.478 e. The molecule has 8 heteroatoms. The van der Waals surface area contributed by atoms with Gasteiger partial charge in [-0.15, -0.1) is 0 Å². The molecule has 0 atom stereocenters. The number of fused-ring (bicyclic) bond motifs is 1. The van der Waals surface area contributed by atoms with Gasteiger partial charge >= 0.3 is 5.97 Å². The van der Waals surface area contributed by atoms with E-state index in [2.05, 4.69) is 10.6 Å². The number of halogens is 1. The van der Waals surface area contributed by atoms with E-state index in [0.29, 0.717) is 51.1 Å². The Kier molecular flexibility index (Phi) is 10.8. The van der Waals surface area contributed by atoms with Crippen LogP contribution in [-0.2, 0) is 4.79 Å². The molecular formula is C37H35FN2O5. The molecule has 0 bridgehead atoms. The van der Waals surface area contributed by atoms with E-state index in [0.717, 1.165) is 29.1 Å². The van der Waals surface area contributed by atoms with E-state index in [-0.39, 0.29) is 17.6 Å². The van der Waals surface area contributed by atoms with Gasteiger partial charge in [0.15, 0.2) is 6.29 Å². The first kappa shape index (κ1) is 32.6. The summed E-state index contributed by atoms with van der Waals surface area (Å²) in [5, 5.41) is 15.4. The van der Waals surface area contributed by atoms with Gasteiger partial charge in [-0.25, -0.2) is 9.18 Å². The highest BCUT2D eigenvalue weighted by molar-refractivity contribution is 6.05. The van der Waals surface area contributed by atoms with Gasteiger partial charge in [-0.05, 0) is 102 Å². The van der Waals surface area contributed by atoms with E-state index in [1.165, 1.54) is 18.2 Å². The number of amides is 1. The first-order valence-electron chi connectivity index (χ1n) is 14.4. The molecule has 0 saturated carbocycles. The van der Waals surface area contributed by atoms with Crippen molar-refractivity contribution in [1.82, 2.24) is 10.6 Å². The van der Waals surface area contributed by atoms with Gasteiger partial charge in [-0.2, -0.15) is 0 Å². The second-order valence-corrected chi connectivity index (χ2v) is 10.8. The summed E-state index contributed by atoms with van der Waals surface area (Å²) >= 11 is 0. The number of furan rings is 1. The van der Waals surface area contributed by atoms with Crippen molar-refractivity contribution in [2.24, 2.45) is 5.92 Å². The molecule has 0 radical (unpaired) electrons. The molecule has 0 fully saturated rings.